The number of hydrogen-bond donors (Lipinski definition) is 0. The van der Waals surface area contributed by atoms with Gasteiger partial charge in [0.05, 0.1) is 6.07 Å². The summed E-state index contributed by atoms with van der Waals surface area (Å²) < 4.78 is 17.6. The van der Waals surface area contributed by atoms with E-state index in [9.17, 15) is 0 Å². The number of fused-ring (bicyclic) bond motifs is 1. The minimum atomic E-state index is -0.182. The second kappa shape index (κ2) is 10.1. The number of anilines is 1. The monoisotopic (exact) mass is 409 g/mol. The van der Waals surface area contributed by atoms with Crippen LogP contribution in [0.4, 0.5) is 5.95 Å². The second-order valence-electron chi connectivity index (χ2n) is 7.45. The first-order valence-electron chi connectivity index (χ1n) is 10.5. The number of aromatic nitrogens is 2. The van der Waals surface area contributed by atoms with Crippen molar-refractivity contribution >= 4 is 5.95 Å². The van der Waals surface area contributed by atoms with Crippen LogP contribution in [-0.4, -0.2) is 66.9 Å². The molecular weight excluding hydrogens is 382 g/mol. The molecule has 2 aliphatic rings. The van der Waals surface area contributed by atoms with E-state index in [0.717, 1.165) is 57.1 Å². The second-order valence-corrected chi connectivity index (χ2v) is 7.45. The quantitative estimate of drug-likeness (QED) is 0.645. The van der Waals surface area contributed by atoms with Gasteiger partial charge >= 0.3 is 0 Å². The number of ether oxygens (including phenoxy) is 3. The third-order valence-electron chi connectivity index (χ3n) is 5.24. The van der Waals surface area contributed by atoms with E-state index in [1.165, 1.54) is 0 Å². The zero-order chi connectivity index (χ0) is 20.6. The molecule has 0 aliphatic carbocycles. The normalized spacial score (nSPS) is 19.0. The Morgan fingerprint density at radius 1 is 1.13 bits per heavy atom. The van der Waals surface area contributed by atoms with Crippen LogP contribution in [0.1, 0.15) is 19.3 Å². The average molecular weight is 409 g/mol. The molecule has 0 amide bonds. The first-order valence-corrected chi connectivity index (χ1v) is 10.5. The summed E-state index contributed by atoms with van der Waals surface area (Å²) in [7, 11) is 0. The Hall–Kier alpha value is -3.05. The Balaban J connectivity index is 1.29. The van der Waals surface area contributed by atoms with E-state index < -0.39 is 0 Å². The molecule has 0 spiro atoms. The van der Waals surface area contributed by atoms with Crippen LogP contribution in [0, 0.1) is 11.3 Å². The summed E-state index contributed by atoms with van der Waals surface area (Å²) in [6.45, 7) is 5.55. The Morgan fingerprint density at radius 3 is 2.93 bits per heavy atom. The number of nitrogens with zero attached hydrogens (tertiary/aromatic N) is 5. The summed E-state index contributed by atoms with van der Waals surface area (Å²) in [5.74, 6) is 2.74. The van der Waals surface area contributed by atoms with Gasteiger partial charge in [-0.15, -0.1) is 0 Å². The lowest BCUT2D eigenvalue weighted by molar-refractivity contribution is 0.0522. The highest BCUT2D eigenvalue weighted by Crippen LogP contribution is 2.31. The van der Waals surface area contributed by atoms with Crippen LogP contribution >= 0.6 is 0 Å². The molecule has 0 saturated carbocycles. The van der Waals surface area contributed by atoms with E-state index in [1.54, 1.807) is 12.3 Å². The summed E-state index contributed by atoms with van der Waals surface area (Å²) in [5, 5.41) is 8.72. The smallest absolute Gasteiger partial charge is 0.228 e. The standard InChI is InChI=1S/C22H27N5O3/c23-9-3-4-11-26-12-5-13-27(15-14-26)22-24-10-8-21(25-22)29-17-18-16-28-19-6-1-2-7-20(19)30-18/h1-2,6-8,10,18H,3-5,11-17H2. The number of benzene rings is 1. The van der Waals surface area contributed by atoms with Gasteiger partial charge in [0, 0.05) is 38.3 Å². The first kappa shape index (κ1) is 20.2. The van der Waals surface area contributed by atoms with Crippen LogP contribution in [0.3, 0.4) is 0 Å². The summed E-state index contributed by atoms with van der Waals surface area (Å²) in [6.07, 6.45) is 4.14. The Bertz CT molecular complexity index is 872. The molecule has 2 aliphatic heterocycles. The highest BCUT2D eigenvalue weighted by Gasteiger charge is 2.22. The highest BCUT2D eigenvalue weighted by atomic mass is 16.6. The Labute approximate surface area is 177 Å². The van der Waals surface area contributed by atoms with Gasteiger partial charge in [-0.25, -0.2) is 4.98 Å². The third-order valence-corrected chi connectivity index (χ3v) is 5.24. The zero-order valence-electron chi connectivity index (χ0n) is 17.1. The lowest BCUT2D eigenvalue weighted by Crippen LogP contribution is -2.34. The van der Waals surface area contributed by atoms with Gasteiger partial charge in [0.25, 0.3) is 0 Å². The molecule has 0 N–H and O–H groups in total. The van der Waals surface area contributed by atoms with Crippen molar-refractivity contribution in [2.75, 3.05) is 50.8 Å². The van der Waals surface area contributed by atoms with Crippen LogP contribution in [0.5, 0.6) is 17.4 Å². The SMILES string of the molecule is N#CCCCN1CCCN(c2nccc(OCC3COc4ccccc4O3)n2)CC1. The predicted octanol–water partition coefficient (Wildman–Crippen LogP) is 2.51. The van der Waals surface area contributed by atoms with Gasteiger partial charge < -0.3 is 24.0 Å². The third kappa shape index (κ3) is 5.30. The highest BCUT2D eigenvalue weighted by molar-refractivity contribution is 5.40. The fourth-order valence-electron chi connectivity index (χ4n) is 3.66. The molecule has 8 nitrogen and oxygen atoms in total. The molecule has 0 radical (unpaired) electrons. The number of para-hydroxylation sites is 2. The molecule has 1 saturated heterocycles. The largest absolute Gasteiger partial charge is 0.486 e. The summed E-state index contributed by atoms with van der Waals surface area (Å²) in [5.41, 5.74) is 0. The molecule has 2 aromatic rings. The molecule has 30 heavy (non-hydrogen) atoms. The van der Waals surface area contributed by atoms with Crippen molar-refractivity contribution in [3.05, 3.63) is 36.5 Å². The van der Waals surface area contributed by atoms with Gasteiger partial charge in [-0.05, 0) is 38.1 Å². The van der Waals surface area contributed by atoms with Crippen LogP contribution in [0.2, 0.25) is 0 Å². The maximum absolute atomic E-state index is 8.72. The number of unbranched alkanes of at least 4 members (excludes halogenated alkanes) is 1. The molecule has 3 heterocycles. The van der Waals surface area contributed by atoms with E-state index >= 15 is 0 Å². The molecule has 1 fully saturated rings. The van der Waals surface area contributed by atoms with Crippen molar-refractivity contribution in [2.24, 2.45) is 0 Å². The molecule has 8 heteroatoms. The van der Waals surface area contributed by atoms with Crippen LogP contribution in [0.25, 0.3) is 0 Å². The predicted molar refractivity (Wildman–Crippen MR) is 112 cm³/mol. The molecule has 158 valence electrons. The van der Waals surface area contributed by atoms with Crippen LogP contribution in [0.15, 0.2) is 36.5 Å². The van der Waals surface area contributed by atoms with Gasteiger partial charge in [0.15, 0.2) is 17.6 Å². The molecule has 1 aromatic heterocycles. The van der Waals surface area contributed by atoms with Crippen molar-refractivity contribution in [3.63, 3.8) is 0 Å². The van der Waals surface area contributed by atoms with Crippen molar-refractivity contribution in [2.45, 2.75) is 25.4 Å². The van der Waals surface area contributed by atoms with E-state index in [1.807, 2.05) is 24.3 Å². The molecule has 1 unspecified atom stereocenters. The van der Waals surface area contributed by atoms with E-state index in [0.29, 0.717) is 31.5 Å². The molecular formula is C22H27N5O3. The number of rotatable bonds is 7. The van der Waals surface area contributed by atoms with Gasteiger partial charge in [-0.1, -0.05) is 12.1 Å². The van der Waals surface area contributed by atoms with E-state index in [-0.39, 0.29) is 6.10 Å². The van der Waals surface area contributed by atoms with Gasteiger partial charge in [0.1, 0.15) is 13.2 Å². The van der Waals surface area contributed by atoms with E-state index in [4.69, 9.17) is 19.5 Å². The van der Waals surface area contributed by atoms with E-state index in [2.05, 4.69) is 25.8 Å². The van der Waals surface area contributed by atoms with Crippen LogP contribution in [-0.2, 0) is 0 Å². The average Bonchev–Trinajstić information content (AvgIpc) is 3.04. The summed E-state index contributed by atoms with van der Waals surface area (Å²) in [4.78, 5) is 13.7. The van der Waals surface area contributed by atoms with Crippen molar-refractivity contribution < 1.29 is 14.2 Å². The lowest BCUT2D eigenvalue weighted by atomic mass is 10.3. The molecule has 4 rings (SSSR count). The first-order chi connectivity index (χ1) is 14.8. The maximum atomic E-state index is 8.72. The summed E-state index contributed by atoms with van der Waals surface area (Å²) >= 11 is 0. The van der Waals surface area contributed by atoms with Gasteiger partial charge in [-0.3, -0.25) is 0 Å². The number of nitriles is 1. The zero-order valence-corrected chi connectivity index (χ0v) is 17.1. The minimum absolute atomic E-state index is 0.182. The lowest BCUT2D eigenvalue weighted by Gasteiger charge is -2.26. The summed E-state index contributed by atoms with van der Waals surface area (Å²) in [6, 6.07) is 11.6. The minimum Gasteiger partial charge on any atom is -0.486 e. The van der Waals surface area contributed by atoms with Crippen molar-refractivity contribution in [1.29, 1.82) is 5.26 Å². The Morgan fingerprint density at radius 2 is 2.03 bits per heavy atom. The Kier molecular flexibility index (Phi) is 6.83. The molecule has 0 bridgehead atoms. The fourth-order valence-corrected chi connectivity index (χ4v) is 3.66. The fraction of sp³-hybridized carbons (Fsp3) is 0.500. The maximum Gasteiger partial charge on any atom is 0.228 e. The van der Waals surface area contributed by atoms with Gasteiger partial charge in [0.2, 0.25) is 11.8 Å². The van der Waals surface area contributed by atoms with Crippen molar-refractivity contribution in [3.8, 4) is 23.4 Å². The van der Waals surface area contributed by atoms with Crippen molar-refractivity contribution in [1.82, 2.24) is 14.9 Å². The molecule has 1 atom stereocenters. The number of hydrogen-bond acceptors (Lipinski definition) is 8. The van der Waals surface area contributed by atoms with Gasteiger partial charge in [-0.2, -0.15) is 10.2 Å². The molecule has 1 aromatic carbocycles. The topological polar surface area (TPSA) is 83.7 Å². The van der Waals surface area contributed by atoms with Crippen LogP contribution < -0.4 is 19.1 Å².